The van der Waals surface area contributed by atoms with Gasteiger partial charge >= 0.3 is 6.09 Å². The summed E-state index contributed by atoms with van der Waals surface area (Å²) in [6.07, 6.45) is -0.816. The molecule has 1 fully saturated rings. The van der Waals surface area contributed by atoms with Crippen LogP contribution < -0.4 is 5.32 Å². The largest absolute Gasteiger partial charge is 0.444 e. The predicted octanol–water partition coefficient (Wildman–Crippen LogP) is 2.56. The highest BCUT2D eigenvalue weighted by Gasteiger charge is 2.45. The summed E-state index contributed by atoms with van der Waals surface area (Å²) in [6.45, 7) is 5.53. The molecular weight excluding hydrogens is 204 g/mol. The summed E-state index contributed by atoms with van der Waals surface area (Å²) in [4.78, 5) is 11.1. The Labute approximate surface area is 88.2 Å². The van der Waals surface area contributed by atoms with Crippen molar-refractivity contribution in [1.82, 2.24) is 5.32 Å². The summed E-state index contributed by atoms with van der Waals surface area (Å²) in [5.74, 6) is -2.65. The van der Waals surface area contributed by atoms with E-state index in [1.54, 1.807) is 20.8 Å². The number of rotatable bonds is 2. The van der Waals surface area contributed by atoms with Crippen LogP contribution in [0.2, 0.25) is 0 Å². The first-order valence-electron chi connectivity index (χ1n) is 5.03. The third-order valence-corrected chi connectivity index (χ3v) is 2.11. The SMILES string of the molecule is CC(C)(C)OC(=O)NCC1CC(F)(F)C1. The first kappa shape index (κ1) is 12.2. The molecule has 0 heterocycles. The number of carbonyl (C=O) groups is 1. The lowest BCUT2D eigenvalue weighted by molar-refractivity contribution is -0.109. The van der Waals surface area contributed by atoms with Gasteiger partial charge in [-0.1, -0.05) is 0 Å². The topological polar surface area (TPSA) is 38.3 Å². The normalized spacial score (nSPS) is 20.6. The van der Waals surface area contributed by atoms with Crippen molar-refractivity contribution in [2.24, 2.45) is 5.92 Å². The molecule has 1 amide bonds. The van der Waals surface area contributed by atoms with Gasteiger partial charge in [0, 0.05) is 19.4 Å². The van der Waals surface area contributed by atoms with E-state index in [-0.39, 0.29) is 25.3 Å². The van der Waals surface area contributed by atoms with Gasteiger partial charge in [0.25, 0.3) is 0 Å². The van der Waals surface area contributed by atoms with Crippen molar-refractivity contribution in [3.05, 3.63) is 0 Å². The average Bonchev–Trinajstić information content (AvgIpc) is 1.93. The molecule has 0 spiro atoms. The average molecular weight is 221 g/mol. The van der Waals surface area contributed by atoms with Gasteiger partial charge in [0.05, 0.1) is 0 Å². The standard InChI is InChI=1S/C10H17F2NO2/c1-9(2,3)15-8(14)13-6-7-4-10(11,12)5-7/h7H,4-6H2,1-3H3,(H,13,14). The van der Waals surface area contributed by atoms with Gasteiger partial charge in [-0.15, -0.1) is 0 Å². The molecule has 88 valence electrons. The summed E-state index contributed by atoms with van der Waals surface area (Å²) >= 11 is 0. The molecule has 0 aromatic heterocycles. The van der Waals surface area contributed by atoms with Crippen LogP contribution in [0.5, 0.6) is 0 Å². The van der Waals surface area contributed by atoms with Crippen LogP contribution in [0.15, 0.2) is 0 Å². The number of hydrogen-bond donors (Lipinski definition) is 1. The molecule has 0 radical (unpaired) electrons. The predicted molar refractivity (Wildman–Crippen MR) is 51.9 cm³/mol. The Kier molecular flexibility index (Phi) is 3.21. The van der Waals surface area contributed by atoms with E-state index < -0.39 is 17.6 Å². The lowest BCUT2D eigenvalue weighted by Gasteiger charge is -2.35. The Morgan fingerprint density at radius 2 is 2.00 bits per heavy atom. The smallest absolute Gasteiger partial charge is 0.407 e. The summed E-state index contributed by atoms with van der Waals surface area (Å²) in [5.41, 5.74) is -0.548. The van der Waals surface area contributed by atoms with E-state index in [9.17, 15) is 13.6 Å². The van der Waals surface area contributed by atoms with Crippen molar-refractivity contribution in [2.45, 2.75) is 45.1 Å². The lowest BCUT2D eigenvalue weighted by Crippen LogP contribution is -2.43. The van der Waals surface area contributed by atoms with Gasteiger partial charge < -0.3 is 10.1 Å². The zero-order valence-electron chi connectivity index (χ0n) is 9.27. The summed E-state index contributed by atoms with van der Waals surface area (Å²) < 4.78 is 29.9. The number of amides is 1. The van der Waals surface area contributed by atoms with Crippen LogP contribution in [-0.2, 0) is 4.74 Å². The Morgan fingerprint density at radius 3 is 2.40 bits per heavy atom. The molecule has 1 aliphatic carbocycles. The van der Waals surface area contributed by atoms with Crippen LogP contribution in [0.4, 0.5) is 13.6 Å². The molecule has 0 aromatic rings. The second-order valence-electron chi connectivity index (χ2n) is 5.01. The molecule has 5 heteroatoms. The van der Waals surface area contributed by atoms with E-state index in [1.165, 1.54) is 0 Å². The van der Waals surface area contributed by atoms with Gasteiger partial charge in [-0.05, 0) is 26.7 Å². The van der Waals surface area contributed by atoms with Gasteiger partial charge in [-0.25, -0.2) is 13.6 Å². The highest BCUT2D eigenvalue weighted by atomic mass is 19.3. The van der Waals surface area contributed by atoms with E-state index >= 15 is 0 Å². The van der Waals surface area contributed by atoms with Gasteiger partial charge in [0.1, 0.15) is 5.60 Å². The zero-order valence-corrected chi connectivity index (χ0v) is 9.27. The van der Waals surface area contributed by atoms with Crippen LogP contribution in [0, 0.1) is 5.92 Å². The van der Waals surface area contributed by atoms with Gasteiger partial charge in [0.2, 0.25) is 5.92 Å². The fraction of sp³-hybridized carbons (Fsp3) is 0.900. The molecule has 1 aliphatic rings. The molecule has 0 atom stereocenters. The second-order valence-corrected chi connectivity index (χ2v) is 5.01. The molecule has 1 rings (SSSR count). The van der Waals surface area contributed by atoms with E-state index in [4.69, 9.17) is 4.74 Å². The fourth-order valence-electron chi connectivity index (χ4n) is 1.47. The monoisotopic (exact) mass is 221 g/mol. The maximum atomic E-state index is 12.4. The van der Waals surface area contributed by atoms with Crippen molar-refractivity contribution in [1.29, 1.82) is 0 Å². The van der Waals surface area contributed by atoms with Crippen molar-refractivity contribution in [3.63, 3.8) is 0 Å². The van der Waals surface area contributed by atoms with E-state index in [0.29, 0.717) is 0 Å². The molecule has 3 nitrogen and oxygen atoms in total. The number of alkyl halides is 2. The minimum atomic E-state index is -2.53. The van der Waals surface area contributed by atoms with E-state index in [2.05, 4.69) is 5.32 Å². The van der Waals surface area contributed by atoms with Crippen LogP contribution in [0.25, 0.3) is 0 Å². The minimum Gasteiger partial charge on any atom is -0.444 e. The van der Waals surface area contributed by atoms with Crippen LogP contribution in [0.1, 0.15) is 33.6 Å². The van der Waals surface area contributed by atoms with Crippen LogP contribution in [0.3, 0.4) is 0 Å². The molecule has 0 saturated heterocycles. The molecular formula is C10H17F2NO2. The quantitative estimate of drug-likeness (QED) is 0.778. The van der Waals surface area contributed by atoms with Crippen molar-refractivity contribution in [2.75, 3.05) is 6.54 Å². The summed E-state index contributed by atoms with van der Waals surface area (Å²) in [6, 6.07) is 0. The molecule has 0 bridgehead atoms. The number of alkyl carbamates (subject to hydrolysis) is 1. The number of hydrogen-bond acceptors (Lipinski definition) is 2. The number of carbonyl (C=O) groups excluding carboxylic acids is 1. The minimum absolute atomic E-state index is 0.118. The molecule has 15 heavy (non-hydrogen) atoms. The highest BCUT2D eigenvalue weighted by molar-refractivity contribution is 5.67. The molecule has 0 aromatic carbocycles. The third kappa shape index (κ3) is 4.44. The van der Waals surface area contributed by atoms with Crippen LogP contribution >= 0.6 is 0 Å². The Balaban J connectivity index is 2.14. The van der Waals surface area contributed by atoms with E-state index in [1.807, 2.05) is 0 Å². The molecule has 0 aliphatic heterocycles. The van der Waals surface area contributed by atoms with Gasteiger partial charge in [-0.3, -0.25) is 0 Å². The van der Waals surface area contributed by atoms with Crippen molar-refractivity contribution < 1.29 is 18.3 Å². The lowest BCUT2D eigenvalue weighted by atomic mass is 9.81. The Bertz CT molecular complexity index is 240. The third-order valence-electron chi connectivity index (χ3n) is 2.11. The number of halogens is 2. The Morgan fingerprint density at radius 1 is 1.47 bits per heavy atom. The maximum Gasteiger partial charge on any atom is 0.407 e. The maximum absolute atomic E-state index is 12.4. The first-order chi connectivity index (χ1) is 6.68. The Hall–Kier alpha value is -0.870. The summed E-state index contributed by atoms with van der Waals surface area (Å²) in [7, 11) is 0. The first-order valence-corrected chi connectivity index (χ1v) is 5.03. The van der Waals surface area contributed by atoms with Gasteiger partial charge in [-0.2, -0.15) is 0 Å². The summed E-state index contributed by atoms with van der Waals surface area (Å²) in [5, 5.41) is 2.48. The second kappa shape index (κ2) is 3.94. The van der Waals surface area contributed by atoms with Crippen LogP contribution in [-0.4, -0.2) is 24.2 Å². The molecule has 1 saturated carbocycles. The van der Waals surface area contributed by atoms with Crippen molar-refractivity contribution >= 4 is 6.09 Å². The highest BCUT2D eigenvalue weighted by Crippen LogP contribution is 2.41. The fourth-order valence-corrected chi connectivity index (χ4v) is 1.47. The van der Waals surface area contributed by atoms with E-state index in [0.717, 1.165) is 0 Å². The number of nitrogens with one attached hydrogen (secondary N) is 1. The molecule has 1 N–H and O–H groups in total. The van der Waals surface area contributed by atoms with Crippen molar-refractivity contribution in [3.8, 4) is 0 Å². The van der Waals surface area contributed by atoms with Gasteiger partial charge in [0.15, 0.2) is 0 Å². The molecule has 0 unspecified atom stereocenters. The number of ether oxygens (including phenoxy) is 1. The zero-order chi connectivity index (χ0) is 11.7.